The molecule has 0 spiro atoms. The van der Waals surface area contributed by atoms with E-state index in [0.29, 0.717) is 0 Å². The molecule has 0 heterocycles. The van der Waals surface area contributed by atoms with E-state index in [1.54, 1.807) is 0 Å². The van der Waals surface area contributed by atoms with Crippen LogP contribution in [0.15, 0.2) is 97.1 Å². The third kappa shape index (κ3) is 2.53. The third-order valence-electron chi connectivity index (χ3n) is 8.48. The normalized spacial score (nSPS) is 16.1. The number of rotatable bonds is 6. The number of hydrogen-bond acceptors (Lipinski definition) is 2. The van der Waals surface area contributed by atoms with Gasteiger partial charge in [-0.3, -0.25) is 0 Å². The molecular weight excluding hydrogens is 416 g/mol. The Bertz CT molecular complexity index is 1170. The van der Waals surface area contributed by atoms with Crippen LogP contribution in [0.3, 0.4) is 0 Å². The van der Waals surface area contributed by atoms with Crippen LogP contribution in [0.1, 0.15) is 42.0 Å². The summed E-state index contributed by atoms with van der Waals surface area (Å²) < 4.78 is 0. The van der Waals surface area contributed by atoms with Gasteiger partial charge >= 0.3 is 0 Å². The Morgan fingerprint density at radius 2 is 0.824 bits per heavy atom. The van der Waals surface area contributed by atoms with E-state index in [4.69, 9.17) is 0 Å². The smallest absolute Gasteiger partial charge is 0.0572 e. The number of aliphatic hydroxyl groups excluding tert-OH is 2. The first-order valence-electron chi connectivity index (χ1n) is 12.3. The van der Waals surface area contributed by atoms with Gasteiger partial charge in [0.25, 0.3) is 0 Å². The van der Waals surface area contributed by atoms with Gasteiger partial charge in [0.1, 0.15) is 0 Å². The molecule has 0 amide bonds. The summed E-state index contributed by atoms with van der Waals surface area (Å²) in [7, 11) is 0. The molecule has 0 fully saturated rings. The first kappa shape index (κ1) is 21.3. The molecule has 2 aliphatic carbocycles. The standard InChI is InChI=1S/C32H30O2/c1-2-11-30(31(20-33)26-16-7-3-12-22(26)23-13-4-8-17-27(23)31)32(21-34)28-18-9-5-14-24(28)25-15-6-10-19-29(25)32/h3-10,12-19,30,33-34H,2,11,20-21H2,1H3. The highest BCUT2D eigenvalue weighted by atomic mass is 16.3. The maximum Gasteiger partial charge on any atom is 0.0572 e. The molecule has 2 nitrogen and oxygen atoms in total. The first-order valence-corrected chi connectivity index (χ1v) is 12.3. The molecule has 0 aliphatic heterocycles. The predicted molar refractivity (Wildman–Crippen MR) is 138 cm³/mol. The van der Waals surface area contributed by atoms with Crippen LogP contribution in [0.25, 0.3) is 22.3 Å². The lowest BCUT2D eigenvalue weighted by molar-refractivity contribution is 0.0812. The van der Waals surface area contributed by atoms with Crippen LogP contribution in [0.2, 0.25) is 0 Å². The molecule has 4 aromatic rings. The van der Waals surface area contributed by atoms with Gasteiger partial charge in [-0.05, 0) is 56.8 Å². The van der Waals surface area contributed by atoms with Crippen molar-refractivity contribution < 1.29 is 10.2 Å². The third-order valence-corrected chi connectivity index (χ3v) is 8.48. The van der Waals surface area contributed by atoms with Gasteiger partial charge in [-0.2, -0.15) is 0 Å². The zero-order valence-corrected chi connectivity index (χ0v) is 19.5. The van der Waals surface area contributed by atoms with Gasteiger partial charge in [0.05, 0.1) is 13.2 Å². The first-order chi connectivity index (χ1) is 16.7. The number of aliphatic hydroxyl groups is 2. The average molecular weight is 447 g/mol. The molecule has 0 atom stereocenters. The van der Waals surface area contributed by atoms with E-state index in [-0.39, 0.29) is 19.1 Å². The number of fused-ring (bicyclic) bond motifs is 6. The van der Waals surface area contributed by atoms with E-state index in [1.165, 1.54) is 44.5 Å². The largest absolute Gasteiger partial charge is 0.395 e. The lowest BCUT2D eigenvalue weighted by atomic mass is 9.54. The van der Waals surface area contributed by atoms with Crippen LogP contribution < -0.4 is 0 Å². The lowest BCUT2D eigenvalue weighted by Crippen LogP contribution is -2.52. The molecule has 0 saturated heterocycles. The highest BCUT2D eigenvalue weighted by molar-refractivity contribution is 5.84. The average Bonchev–Trinajstić information content (AvgIpc) is 3.36. The molecule has 0 bridgehead atoms. The Kier molecular flexibility index (Phi) is 4.98. The molecule has 34 heavy (non-hydrogen) atoms. The maximum atomic E-state index is 11.4. The molecule has 6 rings (SSSR count). The Balaban J connectivity index is 1.73. The summed E-state index contributed by atoms with van der Waals surface area (Å²) in [5.41, 5.74) is 8.24. The molecule has 170 valence electrons. The Labute approximate surface area is 201 Å². The van der Waals surface area contributed by atoms with Crippen LogP contribution in [-0.4, -0.2) is 23.4 Å². The van der Waals surface area contributed by atoms with Crippen molar-refractivity contribution in [2.24, 2.45) is 5.92 Å². The molecule has 2 aliphatic rings. The lowest BCUT2D eigenvalue weighted by Gasteiger charge is -2.49. The molecule has 4 aromatic carbocycles. The predicted octanol–water partition coefficient (Wildman–Crippen LogP) is 6.32. The highest BCUT2D eigenvalue weighted by Crippen LogP contribution is 2.63. The summed E-state index contributed by atoms with van der Waals surface area (Å²) in [6.45, 7) is 2.21. The maximum absolute atomic E-state index is 11.4. The fourth-order valence-corrected chi connectivity index (χ4v) is 7.23. The summed E-state index contributed by atoms with van der Waals surface area (Å²) in [6.07, 6.45) is 1.84. The zero-order valence-electron chi connectivity index (χ0n) is 19.5. The molecule has 0 unspecified atom stereocenters. The van der Waals surface area contributed by atoms with Crippen molar-refractivity contribution in [3.05, 3.63) is 119 Å². The van der Waals surface area contributed by atoms with E-state index in [9.17, 15) is 10.2 Å². The van der Waals surface area contributed by atoms with Crippen molar-refractivity contribution in [2.45, 2.75) is 30.6 Å². The van der Waals surface area contributed by atoms with E-state index in [1.807, 2.05) is 0 Å². The SMILES string of the molecule is CCCC(C1(CO)c2ccccc2-c2ccccc21)C1(CO)c2ccccc2-c2ccccc21. The van der Waals surface area contributed by atoms with E-state index < -0.39 is 10.8 Å². The fourth-order valence-electron chi connectivity index (χ4n) is 7.23. The van der Waals surface area contributed by atoms with Crippen molar-refractivity contribution >= 4 is 0 Å². The van der Waals surface area contributed by atoms with E-state index in [2.05, 4.69) is 104 Å². The van der Waals surface area contributed by atoms with Crippen LogP contribution in [0.4, 0.5) is 0 Å². The Morgan fingerprint density at radius 3 is 1.09 bits per heavy atom. The van der Waals surface area contributed by atoms with Crippen LogP contribution >= 0.6 is 0 Å². The number of benzene rings is 4. The van der Waals surface area contributed by atoms with E-state index in [0.717, 1.165) is 12.8 Å². The quantitative estimate of drug-likeness (QED) is 0.364. The molecule has 0 radical (unpaired) electrons. The van der Waals surface area contributed by atoms with Gasteiger partial charge in [0, 0.05) is 10.8 Å². The van der Waals surface area contributed by atoms with Crippen molar-refractivity contribution in [1.29, 1.82) is 0 Å². The summed E-state index contributed by atoms with van der Waals surface area (Å²) >= 11 is 0. The molecule has 0 aromatic heterocycles. The van der Waals surface area contributed by atoms with Crippen LogP contribution in [0.5, 0.6) is 0 Å². The second-order valence-electron chi connectivity index (χ2n) is 9.78. The van der Waals surface area contributed by atoms with Crippen molar-refractivity contribution in [1.82, 2.24) is 0 Å². The van der Waals surface area contributed by atoms with Gasteiger partial charge in [-0.15, -0.1) is 0 Å². The summed E-state index contributed by atoms with van der Waals surface area (Å²) in [5.74, 6) is -0.0328. The highest BCUT2D eigenvalue weighted by Gasteiger charge is 2.59. The second kappa shape index (κ2) is 7.94. The number of hydrogen-bond donors (Lipinski definition) is 2. The molecular formula is C32H30O2. The van der Waals surface area contributed by atoms with Crippen LogP contribution in [-0.2, 0) is 10.8 Å². The monoisotopic (exact) mass is 446 g/mol. The van der Waals surface area contributed by atoms with Crippen molar-refractivity contribution in [3.8, 4) is 22.3 Å². The van der Waals surface area contributed by atoms with Crippen LogP contribution in [0, 0.1) is 5.92 Å². The minimum absolute atomic E-state index is 0.00221. The minimum atomic E-state index is -0.615. The fraction of sp³-hybridized carbons (Fsp3) is 0.250. The topological polar surface area (TPSA) is 40.5 Å². The van der Waals surface area contributed by atoms with Gasteiger partial charge in [0.2, 0.25) is 0 Å². The van der Waals surface area contributed by atoms with Gasteiger partial charge in [-0.1, -0.05) is 110 Å². The van der Waals surface area contributed by atoms with Crippen molar-refractivity contribution in [3.63, 3.8) is 0 Å². The summed E-state index contributed by atoms with van der Waals surface area (Å²) in [4.78, 5) is 0. The second-order valence-corrected chi connectivity index (χ2v) is 9.78. The Morgan fingerprint density at radius 1 is 0.529 bits per heavy atom. The molecule has 2 heteroatoms. The zero-order chi connectivity index (χ0) is 23.3. The minimum Gasteiger partial charge on any atom is -0.395 e. The molecule has 0 saturated carbocycles. The summed E-state index contributed by atoms with van der Waals surface area (Å²) in [6, 6.07) is 34.1. The Hall–Kier alpha value is -3.20. The van der Waals surface area contributed by atoms with Gasteiger partial charge in [0.15, 0.2) is 0 Å². The summed E-state index contributed by atoms with van der Waals surface area (Å²) in [5, 5.41) is 22.8. The van der Waals surface area contributed by atoms with Gasteiger partial charge < -0.3 is 10.2 Å². The van der Waals surface area contributed by atoms with E-state index >= 15 is 0 Å². The molecule has 2 N–H and O–H groups in total. The van der Waals surface area contributed by atoms with Gasteiger partial charge in [-0.25, -0.2) is 0 Å². The van der Waals surface area contributed by atoms with Crippen molar-refractivity contribution in [2.75, 3.05) is 13.2 Å².